The molecule has 28 heavy (non-hydrogen) atoms. The number of carbonyl (C=O) groups is 1. The molecule has 0 aliphatic carbocycles. The van der Waals surface area contributed by atoms with Crippen LogP contribution in [0, 0.1) is 6.92 Å². The fourth-order valence-corrected chi connectivity index (χ4v) is 3.77. The van der Waals surface area contributed by atoms with Gasteiger partial charge in [-0.2, -0.15) is 0 Å². The minimum Gasteiger partial charge on any atom is -0.495 e. The molecule has 7 nitrogen and oxygen atoms in total. The minimum atomic E-state index is -3.56. The molecule has 2 aromatic rings. The summed E-state index contributed by atoms with van der Waals surface area (Å²) in [6, 6.07) is 9.36. The highest BCUT2D eigenvalue weighted by Gasteiger charge is 2.15. The Morgan fingerprint density at radius 2 is 1.86 bits per heavy atom. The van der Waals surface area contributed by atoms with E-state index in [1.54, 1.807) is 25.1 Å². The van der Waals surface area contributed by atoms with Crippen LogP contribution in [0.2, 0.25) is 5.02 Å². The molecular weight excluding hydrogens is 404 g/mol. The third kappa shape index (κ3) is 5.85. The van der Waals surface area contributed by atoms with Crippen LogP contribution in [0.4, 0.5) is 5.69 Å². The van der Waals surface area contributed by atoms with E-state index < -0.39 is 15.9 Å². The van der Waals surface area contributed by atoms with Gasteiger partial charge in [-0.15, -0.1) is 0 Å². The number of halogens is 1. The van der Waals surface area contributed by atoms with Gasteiger partial charge in [0.25, 0.3) is 5.91 Å². The van der Waals surface area contributed by atoms with Gasteiger partial charge in [0, 0.05) is 11.6 Å². The maximum absolute atomic E-state index is 12.2. The quantitative estimate of drug-likeness (QED) is 0.641. The molecule has 0 heterocycles. The first-order valence-corrected chi connectivity index (χ1v) is 10.5. The zero-order valence-electron chi connectivity index (χ0n) is 15.9. The van der Waals surface area contributed by atoms with Crippen molar-refractivity contribution in [3.05, 3.63) is 47.0 Å². The van der Waals surface area contributed by atoms with E-state index in [-0.39, 0.29) is 11.5 Å². The fourth-order valence-electron chi connectivity index (χ4n) is 2.38. The van der Waals surface area contributed by atoms with Gasteiger partial charge in [-0.25, -0.2) is 13.1 Å². The first-order valence-electron chi connectivity index (χ1n) is 8.63. The molecule has 0 aromatic heterocycles. The highest BCUT2D eigenvalue weighted by Crippen LogP contribution is 2.28. The van der Waals surface area contributed by atoms with E-state index in [1.807, 2.05) is 6.92 Å². The highest BCUT2D eigenvalue weighted by atomic mass is 35.5. The highest BCUT2D eigenvalue weighted by molar-refractivity contribution is 7.89. The fraction of sp³-hybridized carbons (Fsp3) is 0.316. The number of nitrogens with one attached hydrogen (secondary N) is 2. The smallest absolute Gasteiger partial charge is 0.262 e. The van der Waals surface area contributed by atoms with Crippen LogP contribution in [0.1, 0.15) is 18.9 Å². The first kappa shape index (κ1) is 22.0. The summed E-state index contributed by atoms with van der Waals surface area (Å²) < 4.78 is 37.6. The summed E-state index contributed by atoms with van der Waals surface area (Å²) in [5.41, 5.74) is 1.04. The number of methoxy groups -OCH3 is 1. The van der Waals surface area contributed by atoms with Crippen LogP contribution < -0.4 is 19.5 Å². The maximum Gasteiger partial charge on any atom is 0.262 e. The predicted octanol–water partition coefficient (Wildman–Crippen LogP) is 3.36. The number of rotatable bonds is 9. The van der Waals surface area contributed by atoms with Gasteiger partial charge in [-0.3, -0.25) is 4.79 Å². The van der Waals surface area contributed by atoms with Gasteiger partial charge < -0.3 is 14.8 Å². The number of anilines is 1. The number of hydrogen-bond donors (Lipinski definition) is 2. The van der Waals surface area contributed by atoms with Gasteiger partial charge in [-0.05, 0) is 55.3 Å². The van der Waals surface area contributed by atoms with Crippen molar-refractivity contribution in [3.8, 4) is 11.5 Å². The summed E-state index contributed by atoms with van der Waals surface area (Å²) in [5, 5.41) is 3.13. The topological polar surface area (TPSA) is 93.7 Å². The second-order valence-electron chi connectivity index (χ2n) is 6.01. The number of sulfonamides is 1. The lowest BCUT2D eigenvalue weighted by molar-refractivity contribution is -0.118. The summed E-state index contributed by atoms with van der Waals surface area (Å²) in [4.78, 5) is 12.3. The molecular formula is C19H23ClN2O5S. The molecule has 0 atom stereocenters. The molecule has 9 heteroatoms. The van der Waals surface area contributed by atoms with Crippen LogP contribution in [0.25, 0.3) is 0 Å². The molecule has 0 fully saturated rings. The van der Waals surface area contributed by atoms with Crippen molar-refractivity contribution in [1.82, 2.24) is 4.72 Å². The third-order valence-electron chi connectivity index (χ3n) is 3.79. The molecule has 0 aliphatic rings. The van der Waals surface area contributed by atoms with E-state index in [0.29, 0.717) is 40.7 Å². The Labute approximate surface area is 170 Å². The second-order valence-corrected chi connectivity index (χ2v) is 8.21. The summed E-state index contributed by atoms with van der Waals surface area (Å²) in [7, 11) is -2.07. The van der Waals surface area contributed by atoms with Gasteiger partial charge in [0.05, 0.1) is 17.7 Å². The van der Waals surface area contributed by atoms with Gasteiger partial charge >= 0.3 is 0 Å². The number of carbonyl (C=O) groups excluding carboxylic acids is 1. The van der Waals surface area contributed by atoms with Crippen LogP contribution in [0.15, 0.2) is 41.3 Å². The number of ether oxygens (including phenoxy) is 2. The third-order valence-corrected chi connectivity index (χ3v) is 5.49. The lowest BCUT2D eigenvalue weighted by Crippen LogP contribution is -2.24. The Balaban J connectivity index is 2.03. The number of aryl methyl sites for hydroxylation is 1. The van der Waals surface area contributed by atoms with Gasteiger partial charge in [0.15, 0.2) is 6.61 Å². The number of hydrogen-bond acceptors (Lipinski definition) is 5. The molecule has 2 aromatic carbocycles. The first-order chi connectivity index (χ1) is 13.3. The van der Waals surface area contributed by atoms with Gasteiger partial charge in [0.1, 0.15) is 11.5 Å². The second kappa shape index (κ2) is 9.77. The maximum atomic E-state index is 12.2. The molecule has 2 rings (SSSR count). The zero-order valence-corrected chi connectivity index (χ0v) is 17.5. The summed E-state index contributed by atoms with van der Waals surface area (Å²) >= 11 is 5.94. The van der Waals surface area contributed by atoms with Crippen LogP contribution in [0.3, 0.4) is 0 Å². The number of amides is 1. The normalized spacial score (nSPS) is 11.1. The average Bonchev–Trinajstić information content (AvgIpc) is 2.65. The minimum absolute atomic E-state index is 0.152. The van der Waals surface area contributed by atoms with E-state index in [0.717, 1.165) is 0 Å². The number of benzene rings is 2. The van der Waals surface area contributed by atoms with E-state index >= 15 is 0 Å². The van der Waals surface area contributed by atoms with Gasteiger partial charge in [-0.1, -0.05) is 18.5 Å². The van der Waals surface area contributed by atoms with Crippen molar-refractivity contribution in [1.29, 1.82) is 0 Å². The zero-order chi connectivity index (χ0) is 20.7. The van der Waals surface area contributed by atoms with E-state index in [1.165, 1.54) is 25.3 Å². The summed E-state index contributed by atoms with van der Waals surface area (Å²) in [6.45, 7) is 3.71. The lowest BCUT2D eigenvalue weighted by Gasteiger charge is -2.13. The molecule has 0 saturated carbocycles. The predicted molar refractivity (Wildman–Crippen MR) is 109 cm³/mol. The Bertz CT molecular complexity index is 947. The largest absolute Gasteiger partial charge is 0.495 e. The lowest BCUT2D eigenvalue weighted by atomic mass is 10.2. The molecule has 0 unspecified atom stereocenters. The summed E-state index contributed by atoms with van der Waals surface area (Å²) in [5.74, 6) is 0.493. The molecule has 0 bridgehead atoms. The standard InChI is InChI=1S/C19H23ClN2O5S/c1-4-9-21-28(24,25)15-6-8-17(13(2)10-15)27-12-19(23)22-16-11-14(20)5-7-18(16)26-3/h5-8,10-11,21H,4,9,12H2,1-3H3,(H,22,23). The van der Waals surface area contributed by atoms with Crippen molar-refractivity contribution < 1.29 is 22.7 Å². The SMILES string of the molecule is CCCNS(=O)(=O)c1ccc(OCC(=O)Nc2cc(Cl)ccc2OC)c(C)c1. The molecule has 2 N–H and O–H groups in total. The summed E-state index contributed by atoms with van der Waals surface area (Å²) in [6.07, 6.45) is 0.700. The Morgan fingerprint density at radius 1 is 1.14 bits per heavy atom. The van der Waals surface area contributed by atoms with Crippen LogP contribution >= 0.6 is 11.6 Å². The Morgan fingerprint density at radius 3 is 2.50 bits per heavy atom. The van der Waals surface area contributed by atoms with E-state index in [4.69, 9.17) is 21.1 Å². The molecule has 152 valence electrons. The van der Waals surface area contributed by atoms with Crippen molar-refractivity contribution in [3.63, 3.8) is 0 Å². The van der Waals surface area contributed by atoms with E-state index in [2.05, 4.69) is 10.0 Å². The van der Waals surface area contributed by atoms with Crippen molar-refractivity contribution >= 4 is 33.2 Å². The Kier molecular flexibility index (Phi) is 7.68. The molecule has 0 aliphatic heterocycles. The molecule has 0 saturated heterocycles. The molecule has 0 spiro atoms. The monoisotopic (exact) mass is 426 g/mol. The van der Waals surface area contributed by atoms with Crippen molar-refractivity contribution in [2.24, 2.45) is 0 Å². The van der Waals surface area contributed by atoms with Gasteiger partial charge in [0.2, 0.25) is 10.0 Å². The van der Waals surface area contributed by atoms with Crippen molar-refractivity contribution in [2.75, 3.05) is 25.6 Å². The average molecular weight is 427 g/mol. The van der Waals surface area contributed by atoms with Crippen LogP contribution in [-0.2, 0) is 14.8 Å². The van der Waals surface area contributed by atoms with E-state index in [9.17, 15) is 13.2 Å². The Hall–Kier alpha value is -2.29. The molecule has 0 radical (unpaired) electrons. The van der Waals surface area contributed by atoms with Crippen LogP contribution in [0.5, 0.6) is 11.5 Å². The van der Waals surface area contributed by atoms with Crippen molar-refractivity contribution in [2.45, 2.75) is 25.2 Å². The van der Waals surface area contributed by atoms with Crippen LogP contribution in [-0.4, -0.2) is 34.6 Å². The molecule has 1 amide bonds.